The first-order chi connectivity index (χ1) is 8.31. The summed E-state index contributed by atoms with van der Waals surface area (Å²) in [6, 6.07) is 0.361. The number of rotatable bonds is 5. The van der Waals surface area contributed by atoms with Gasteiger partial charge in [0.2, 0.25) is 0 Å². The minimum absolute atomic E-state index is 0.361. The number of hydrogen-bond donors (Lipinski definition) is 1. The highest BCUT2D eigenvalue weighted by atomic mass is 32.1. The zero-order valence-corrected chi connectivity index (χ0v) is 11.6. The van der Waals surface area contributed by atoms with Crippen molar-refractivity contribution < 1.29 is 0 Å². The van der Waals surface area contributed by atoms with Crippen LogP contribution in [0.3, 0.4) is 0 Å². The first-order valence-corrected chi connectivity index (χ1v) is 7.53. The Balaban J connectivity index is 2.15. The number of allylic oxidation sites excluding steroid dienone is 1. The highest BCUT2D eigenvalue weighted by molar-refractivity contribution is 7.09. The number of hydrogen-bond acceptors (Lipinski definition) is 3. The van der Waals surface area contributed by atoms with Crippen molar-refractivity contribution in [1.82, 2.24) is 10.3 Å². The molecule has 2 nitrogen and oxygen atoms in total. The molecule has 0 radical (unpaired) electrons. The summed E-state index contributed by atoms with van der Waals surface area (Å²) in [7, 11) is 0. The first-order valence-electron chi connectivity index (χ1n) is 6.65. The Kier molecular flexibility index (Phi) is 4.75. The second kappa shape index (κ2) is 6.31. The predicted molar refractivity (Wildman–Crippen MR) is 74.4 cm³/mol. The van der Waals surface area contributed by atoms with Crippen molar-refractivity contribution in [1.29, 1.82) is 0 Å². The molecule has 1 heterocycles. The monoisotopic (exact) mass is 250 g/mol. The molecule has 0 fully saturated rings. The fourth-order valence-electron chi connectivity index (χ4n) is 2.35. The van der Waals surface area contributed by atoms with Crippen molar-refractivity contribution in [3.05, 3.63) is 27.7 Å². The molecule has 94 valence electrons. The molecule has 1 unspecified atom stereocenters. The standard InChI is InChI=1S/C14H22N2S/c1-3-9-15-14(12-7-5-4-6-8-12)13-10-17-11(2)16-13/h7,10,14-15H,3-6,8-9H2,1-2H3. The van der Waals surface area contributed by atoms with E-state index in [9.17, 15) is 0 Å². The lowest BCUT2D eigenvalue weighted by atomic mass is 9.92. The van der Waals surface area contributed by atoms with Gasteiger partial charge in [-0.15, -0.1) is 11.3 Å². The maximum absolute atomic E-state index is 4.65. The molecule has 0 bridgehead atoms. The molecule has 0 saturated carbocycles. The summed E-state index contributed by atoms with van der Waals surface area (Å²) in [4.78, 5) is 4.65. The third-order valence-corrected chi connectivity index (χ3v) is 4.02. The Hall–Kier alpha value is -0.670. The lowest BCUT2D eigenvalue weighted by Crippen LogP contribution is -2.25. The van der Waals surface area contributed by atoms with Gasteiger partial charge < -0.3 is 5.32 Å². The van der Waals surface area contributed by atoms with E-state index >= 15 is 0 Å². The van der Waals surface area contributed by atoms with E-state index in [1.807, 2.05) is 0 Å². The highest BCUT2D eigenvalue weighted by Crippen LogP contribution is 2.30. The molecule has 0 aromatic carbocycles. The van der Waals surface area contributed by atoms with E-state index < -0.39 is 0 Å². The molecule has 2 rings (SSSR count). The van der Waals surface area contributed by atoms with Gasteiger partial charge in [0.1, 0.15) is 0 Å². The topological polar surface area (TPSA) is 24.9 Å². The third kappa shape index (κ3) is 3.39. The molecule has 1 aliphatic carbocycles. The first kappa shape index (κ1) is 12.8. The molecule has 0 amide bonds. The summed E-state index contributed by atoms with van der Waals surface area (Å²) < 4.78 is 0. The molecule has 1 atom stereocenters. The van der Waals surface area contributed by atoms with Crippen molar-refractivity contribution in [2.45, 2.75) is 52.0 Å². The van der Waals surface area contributed by atoms with Crippen LogP contribution in [-0.2, 0) is 0 Å². The van der Waals surface area contributed by atoms with Crippen LogP contribution in [0.5, 0.6) is 0 Å². The quantitative estimate of drug-likeness (QED) is 0.799. The summed E-state index contributed by atoms with van der Waals surface area (Å²) in [5, 5.41) is 7.02. The average Bonchev–Trinajstić information content (AvgIpc) is 2.78. The Morgan fingerprint density at radius 3 is 2.94 bits per heavy atom. The Labute approximate surface area is 108 Å². The zero-order valence-electron chi connectivity index (χ0n) is 10.8. The Bertz CT molecular complexity index is 381. The normalized spacial score (nSPS) is 17.9. The van der Waals surface area contributed by atoms with Crippen LogP contribution in [-0.4, -0.2) is 11.5 Å². The average molecular weight is 250 g/mol. The molecule has 17 heavy (non-hydrogen) atoms. The van der Waals surface area contributed by atoms with Crippen LogP contribution in [0.1, 0.15) is 55.8 Å². The maximum Gasteiger partial charge on any atom is 0.0898 e. The molecular weight excluding hydrogens is 228 g/mol. The number of nitrogens with zero attached hydrogens (tertiary/aromatic N) is 1. The Morgan fingerprint density at radius 2 is 2.35 bits per heavy atom. The lowest BCUT2D eigenvalue weighted by molar-refractivity contribution is 0.539. The van der Waals surface area contributed by atoms with Crippen LogP contribution in [0.15, 0.2) is 17.0 Å². The number of nitrogens with one attached hydrogen (secondary N) is 1. The van der Waals surface area contributed by atoms with Gasteiger partial charge in [-0.3, -0.25) is 0 Å². The van der Waals surface area contributed by atoms with Crippen LogP contribution >= 0.6 is 11.3 Å². The molecule has 3 heteroatoms. The van der Waals surface area contributed by atoms with Gasteiger partial charge in [-0.25, -0.2) is 4.98 Å². The second-order valence-electron chi connectivity index (χ2n) is 4.70. The minimum atomic E-state index is 0.361. The van der Waals surface area contributed by atoms with E-state index in [-0.39, 0.29) is 0 Å². The predicted octanol–water partition coefficient (Wildman–Crippen LogP) is 3.99. The number of thiazole rings is 1. The molecule has 1 aromatic rings. The van der Waals surface area contributed by atoms with Gasteiger partial charge >= 0.3 is 0 Å². The SMILES string of the molecule is CCCNC(C1=CCCCC1)c1csc(C)n1. The fourth-order valence-corrected chi connectivity index (χ4v) is 2.99. The Morgan fingerprint density at radius 1 is 1.47 bits per heavy atom. The highest BCUT2D eigenvalue weighted by Gasteiger charge is 2.19. The largest absolute Gasteiger partial charge is 0.305 e. The smallest absolute Gasteiger partial charge is 0.0898 e. The second-order valence-corrected chi connectivity index (χ2v) is 5.77. The number of aryl methyl sites for hydroxylation is 1. The van der Waals surface area contributed by atoms with Gasteiger partial charge in [-0.2, -0.15) is 0 Å². The molecule has 1 aromatic heterocycles. The molecule has 1 aliphatic rings. The zero-order chi connectivity index (χ0) is 12.1. The fraction of sp³-hybridized carbons (Fsp3) is 0.643. The van der Waals surface area contributed by atoms with Crippen LogP contribution < -0.4 is 5.32 Å². The summed E-state index contributed by atoms with van der Waals surface area (Å²) >= 11 is 1.75. The molecule has 0 spiro atoms. The van der Waals surface area contributed by atoms with Crippen molar-refractivity contribution in [3.63, 3.8) is 0 Å². The molecular formula is C14H22N2S. The van der Waals surface area contributed by atoms with Crippen molar-refractivity contribution in [3.8, 4) is 0 Å². The van der Waals surface area contributed by atoms with Gasteiger partial charge in [-0.1, -0.05) is 18.6 Å². The van der Waals surface area contributed by atoms with E-state index in [1.54, 1.807) is 16.9 Å². The lowest BCUT2D eigenvalue weighted by Gasteiger charge is -2.23. The summed E-state index contributed by atoms with van der Waals surface area (Å²) in [5.41, 5.74) is 2.77. The van der Waals surface area contributed by atoms with Gasteiger partial charge in [0, 0.05) is 5.38 Å². The van der Waals surface area contributed by atoms with Gasteiger partial charge in [0.25, 0.3) is 0 Å². The van der Waals surface area contributed by atoms with E-state index in [4.69, 9.17) is 0 Å². The summed E-state index contributed by atoms with van der Waals surface area (Å²) in [6.07, 6.45) is 8.75. The van der Waals surface area contributed by atoms with E-state index in [1.165, 1.54) is 42.8 Å². The number of aromatic nitrogens is 1. The summed E-state index contributed by atoms with van der Waals surface area (Å²) in [5.74, 6) is 0. The van der Waals surface area contributed by atoms with Crippen molar-refractivity contribution in [2.75, 3.05) is 6.54 Å². The van der Waals surface area contributed by atoms with Crippen molar-refractivity contribution >= 4 is 11.3 Å². The maximum atomic E-state index is 4.65. The minimum Gasteiger partial charge on any atom is -0.305 e. The molecule has 0 aliphatic heterocycles. The molecule has 0 saturated heterocycles. The molecule has 1 N–H and O–H groups in total. The van der Waals surface area contributed by atoms with Crippen LogP contribution in [0.25, 0.3) is 0 Å². The van der Waals surface area contributed by atoms with Gasteiger partial charge in [-0.05, 0) is 45.6 Å². The van der Waals surface area contributed by atoms with E-state index in [2.05, 4.69) is 35.6 Å². The van der Waals surface area contributed by atoms with Gasteiger partial charge in [0.05, 0.1) is 16.7 Å². The third-order valence-electron chi connectivity index (χ3n) is 3.23. The van der Waals surface area contributed by atoms with Crippen LogP contribution in [0.2, 0.25) is 0 Å². The van der Waals surface area contributed by atoms with Crippen LogP contribution in [0, 0.1) is 6.92 Å². The van der Waals surface area contributed by atoms with E-state index in [0.29, 0.717) is 6.04 Å². The van der Waals surface area contributed by atoms with Crippen molar-refractivity contribution in [2.24, 2.45) is 0 Å². The van der Waals surface area contributed by atoms with Crippen LogP contribution in [0.4, 0.5) is 0 Å². The van der Waals surface area contributed by atoms with E-state index in [0.717, 1.165) is 6.54 Å². The summed E-state index contributed by atoms with van der Waals surface area (Å²) in [6.45, 7) is 5.37. The van der Waals surface area contributed by atoms with Gasteiger partial charge in [0.15, 0.2) is 0 Å².